The Morgan fingerprint density at radius 2 is 1.84 bits per heavy atom. The average Bonchev–Trinajstić information content (AvgIpc) is 2.23. The highest BCUT2D eigenvalue weighted by atomic mass is 32.2. The van der Waals surface area contributed by atoms with Gasteiger partial charge in [-0.1, -0.05) is 0 Å². The molecule has 0 radical (unpaired) electrons. The minimum Gasteiger partial charge on any atom is -0.381 e. The van der Waals surface area contributed by atoms with E-state index in [1.54, 1.807) is 0 Å². The van der Waals surface area contributed by atoms with Crippen molar-refractivity contribution < 1.29 is 12.8 Å². The minimum atomic E-state index is -3.32. The molecule has 0 heterocycles. The molecule has 0 spiro atoms. The van der Waals surface area contributed by atoms with Crippen molar-refractivity contribution in [2.24, 2.45) is 0 Å². The van der Waals surface area contributed by atoms with Crippen LogP contribution in [0.2, 0.25) is 0 Å². The molecule has 0 aliphatic rings. The van der Waals surface area contributed by atoms with E-state index in [-0.39, 0.29) is 16.1 Å². The van der Waals surface area contributed by atoms with Crippen LogP contribution >= 0.6 is 0 Å². The van der Waals surface area contributed by atoms with Crippen LogP contribution in [0.25, 0.3) is 0 Å². The third-order valence-corrected chi connectivity index (χ3v) is 3.57. The van der Waals surface area contributed by atoms with Gasteiger partial charge in [-0.15, -0.1) is 0 Å². The number of sulfone groups is 1. The summed E-state index contributed by atoms with van der Waals surface area (Å²) >= 11 is 0. The molecule has 0 saturated heterocycles. The number of anilines is 1. The van der Waals surface area contributed by atoms with Gasteiger partial charge in [0.15, 0.2) is 9.84 Å². The zero-order chi connectivity index (χ0) is 14.7. The van der Waals surface area contributed by atoms with E-state index in [1.807, 2.05) is 20.8 Å². The first-order chi connectivity index (χ1) is 8.59. The van der Waals surface area contributed by atoms with Crippen LogP contribution in [-0.4, -0.2) is 33.3 Å². The maximum Gasteiger partial charge on any atom is 0.175 e. The number of nitrogens with one attached hydrogen (secondary N) is 2. The molecule has 0 aromatic heterocycles. The van der Waals surface area contributed by atoms with Gasteiger partial charge in [-0.3, -0.25) is 0 Å². The highest BCUT2D eigenvalue weighted by Crippen LogP contribution is 2.19. The maximum absolute atomic E-state index is 13.5. The van der Waals surface area contributed by atoms with Crippen molar-refractivity contribution in [3.8, 4) is 0 Å². The Morgan fingerprint density at radius 3 is 2.37 bits per heavy atom. The van der Waals surface area contributed by atoms with Crippen LogP contribution in [0.4, 0.5) is 10.1 Å². The third kappa shape index (κ3) is 5.57. The maximum atomic E-state index is 13.5. The van der Waals surface area contributed by atoms with Crippen LogP contribution in [0.1, 0.15) is 20.8 Å². The molecule has 0 unspecified atom stereocenters. The van der Waals surface area contributed by atoms with Gasteiger partial charge < -0.3 is 10.6 Å². The summed E-state index contributed by atoms with van der Waals surface area (Å²) in [5.41, 5.74) is 0.202. The van der Waals surface area contributed by atoms with Gasteiger partial charge in [0.05, 0.1) is 10.6 Å². The molecule has 0 saturated carbocycles. The third-order valence-electron chi connectivity index (χ3n) is 2.46. The number of benzene rings is 1. The van der Waals surface area contributed by atoms with Crippen LogP contribution in [0.3, 0.4) is 0 Å². The van der Waals surface area contributed by atoms with Crippen molar-refractivity contribution in [1.29, 1.82) is 0 Å². The molecule has 4 nitrogen and oxygen atoms in total. The first-order valence-corrected chi connectivity index (χ1v) is 7.97. The van der Waals surface area contributed by atoms with Crippen LogP contribution < -0.4 is 10.6 Å². The van der Waals surface area contributed by atoms with E-state index in [1.165, 1.54) is 12.1 Å². The van der Waals surface area contributed by atoms with Gasteiger partial charge in [-0.05, 0) is 39.0 Å². The Kier molecular flexibility index (Phi) is 4.92. The molecule has 0 atom stereocenters. The largest absolute Gasteiger partial charge is 0.381 e. The number of rotatable bonds is 5. The lowest BCUT2D eigenvalue weighted by Crippen LogP contribution is -2.38. The van der Waals surface area contributed by atoms with Crippen LogP contribution in [0, 0.1) is 5.82 Å². The summed E-state index contributed by atoms with van der Waals surface area (Å²) in [4.78, 5) is 0.111. The summed E-state index contributed by atoms with van der Waals surface area (Å²) in [6.07, 6.45) is 1.10. The van der Waals surface area contributed by atoms with Gasteiger partial charge in [-0.2, -0.15) is 0 Å². The lowest BCUT2D eigenvalue weighted by atomic mass is 10.1. The molecule has 6 heteroatoms. The summed E-state index contributed by atoms with van der Waals surface area (Å²) < 4.78 is 36.3. The van der Waals surface area contributed by atoms with Crippen molar-refractivity contribution in [2.75, 3.05) is 24.7 Å². The lowest BCUT2D eigenvalue weighted by Gasteiger charge is -2.20. The summed E-state index contributed by atoms with van der Waals surface area (Å²) in [6.45, 7) is 7.29. The number of hydrogen-bond donors (Lipinski definition) is 2. The molecule has 0 aliphatic heterocycles. The van der Waals surface area contributed by atoms with Gasteiger partial charge in [0.1, 0.15) is 5.82 Å². The fraction of sp³-hybridized carbons (Fsp3) is 0.538. The van der Waals surface area contributed by atoms with E-state index in [0.717, 1.165) is 12.3 Å². The molecule has 1 aromatic carbocycles. The highest BCUT2D eigenvalue weighted by molar-refractivity contribution is 7.90. The average molecular weight is 288 g/mol. The van der Waals surface area contributed by atoms with Crippen molar-refractivity contribution in [1.82, 2.24) is 5.32 Å². The summed E-state index contributed by atoms with van der Waals surface area (Å²) in [7, 11) is -3.32. The van der Waals surface area contributed by atoms with E-state index in [9.17, 15) is 12.8 Å². The quantitative estimate of drug-likeness (QED) is 0.643. The predicted octanol–water partition coefficient (Wildman–Crippen LogP) is 2.03. The normalized spacial score (nSPS) is 12.5. The molecule has 108 valence electrons. The van der Waals surface area contributed by atoms with Gasteiger partial charge in [0, 0.05) is 24.9 Å². The molecule has 0 amide bonds. The van der Waals surface area contributed by atoms with E-state index >= 15 is 0 Å². The second-order valence-corrected chi connectivity index (χ2v) is 7.53. The molecular weight excluding hydrogens is 267 g/mol. The Balaban J connectivity index is 2.68. The monoisotopic (exact) mass is 288 g/mol. The smallest absolute Gasteiger partial charge is 0.175 e. The minimum absolute atomic E-state index is 0.00513. The fourth-order valence-electron chi connectivity index (χ4n) is 1.51. The molecule has 1 aromatic rings. The highest BCUT2D eigenvalue weighted by Gasteiger charge is 2.11. The second-order valence-electron chi connectivity index (χ2n) is 5.52. The van der Waals surface area contributed by atoms with E-state index in [0.29, 0.717) is 13.1 Å². The standard InChI is InChI=1S/C13H21FN2O2S/c1-13(2,3)16-8-7-15-12-9-10(19(4,17)18)5-6-11(12)14/h5-6,9,15-16H,7-8H2,1-4H3. The molecule has 0 fully saturated rings. The summed E-state index contributed by atoms with van der Waals surface area (Å²) in [5.74, 6) is -0.455. The molecule has 0 bridgehead atoms. The van der Waals surface area contributed by atoms with Crippen LogP contribution in [-0.2, 0) is 9.84 Å². The molecule has 0 aliphatic carbocycles. The molecule has 19 heavy (non-hydrogen) atoms. The van der Waals surface area contributed by atoms with E-state index < -0.39 is 15.7 Å². The van der Waals surface area contributed by atoms with Crippen molar-refractivity contribution >= 4 is 15.5 Å². The fourth-order valence-corrected chi connectivity index (χ4v) is 2.15. The van der Waals surface area contributed by atoms with E-state index in [2.05, 4.69) is 10.6 Å². The van der Waals surface area contributed by atoms with Gasteiger partial charge in [0.2, 0.25) is 0 Å². The summed E-state index contributed by atoms with van der Waals surface area (Å²) in [6, 6.07) is 3.75. The van der Waals surface area contributed by atoms with Crippen molar-refractivity contribution in [2.45, 2.75) is 31.2 Å². The van der Waals surface area contributed by atoms with Crippen LogP contribution in [0.15, 0.2) is 23.1 Å². The first-order valence-electron chi connectivity index (χ1n) is 6.08. The Bertz CT molecular complexity index is 536. The van der Waals surface area contributed by atoms with Crippen molar-refractivity contribution in [3.05, 3.63) is 24.0 Å². The molecular formula is C13H21FN2O2S. The second kappa shape index (κ2) is 5.88. The molecule has 1 rings (SSSR count). The van der Waals surface area contributed by atoms with Crippen molar-refractivity contribution in [3.63, 3.8) is 0 Å². The molecule has 2 N–H and O–H groups in total. The lowest BCUT2D eigenvalue weighted by molar-refractivity contribution is 0.435. The Labute approximate surface area is 114 Å². The SMILES string of the molecule is CC(C)(C)NCCNc1cc(S(C)(=O)=O)ccc1F. The summed E-state index contributed by atoms with van der Waals surface area (Å²) in [5, 5.41) is 6.15. The first kappa shape index (κ1) is 15.9. The van der Waals surface area contributed by atoms with Gasteiger partial charge in [-0.25, -0.2) is 12.8 Å². The van der Waals surface area contributed by atoms with Gasteiger partial charge in [0.25, 0.3) is 0 Å². The van der Waals surface area contributed by atoms with Gasteiger partial charge >= 0.3 is 0 Å². The Morgan fingerprint density at radius 1 is 1.21 bits per heavy atom. The Hall–Kier alpha value is -1.14. The zero-order valence-corrected chi connectivity index (χ0v) is 12.6. The van der Waals surface area contributed by atoms with E-state index in [4.69, 9.17) is 0 Å². The number of halogens is 1. The van der Waals surface area contributed by atoms with Crippen LogP contribution in [0.5, 0.6) is 0 Å². The zero-order valence-electron chi connectivity index (χ0n) is 11.7. The topological polar surface area (TPSA) is 58.2 Å². The predicted molar refractivity (Wildman–Crippen MR) is 75.8 cm³/mol. The number of hydrogen-bond acceptors (Lipinski definition) is 4.